The van der Waals surface area contributed by atoms with E-state index in [2.05, 4.69) is 24.2 Å². The molecular formula is C11H19N3OS. The van der Waals surface area contributed by atoms with Gasteiger partial charge in [0.2, 0.25) is 0 Å². The highest BCUT2D eigenvalue weighted by atomic mass is 32.2. The summed E-state index contributed by atoms with van der Waals surface area (Å²) < 4.78 is 1.68. The molecule has 0 saturated carbocycles. The fourth-order valence-corrected chi connectivity index (χ4v) is 3.69. The summed E-state index contributed by atoms with van der Waals surface area (Å²) in [4.78, 5) is 0. The Morgan fingerprint density at radius 1 is 1.56 bits per heavy atom. The zero-order valence-corrected chi connectivity index (χ0v) is 10.9. The molecule has 1 fully saturated rings. The maximum absolute atomic E-state index is 10.8. The predicted molar refractivity (Wildman–Crippen MR) is 65.4 cm³/mol. The van der Waals surface area contributed by atoms with Crippen LogP contribution in [-0.2, 0) is 13.5 Å². The SMILES string of the molecule is Cn1cc(CC2(O)CSCCC2(C)C)nn1. The molecule has 0 radical (unpaired) electrons. The predicted octanol–water partition coefficient (Wildman–Crippen LogP) is 1.25. The third-order valence-corrected chi connectivity index (χ3v) is 4.77. The van der Waals surface area contributed by atoms with E-state index in [1.165, 1.54) is 0 Å². The minimum absolute atomic E-state index is 0.0459. The summed E-state index contributed by atoms with van der Waals surface area (Å²) in [5, 5.41) is 18.7. The van der Waals surface area contributed by atoms with Crippen molar-refractivity contribution in [2.45, 2.75) is 32.3 Å². The Kier molecular flexibility index (Phi) is 3.01. The normalized spacial score (nSPS) is 29.2. The van der Waals surface area contributed by atoms with Gasteiger partial charge in [-0.15, -0.1) is 5.10 Å². The van der Waals surface area contributed by atoms with E-state index in [0.29, 0.717) is 6.42 Å². The summed E-state index contributed by atoms with van der Waals surface area (Å²) in [7, 11) is 1.85. The molecule has 0 aliphatic carbocycles. The smallest absolute Gasteiger partial charge is 0.0856 e. The first kappa shape index (κ1) is 11.9. The first-order chi connectivity index (χ1) is 7.43. The molecule has 1 aromatic rings. The monoisotopic (exact) mass is 241 g/mol. The zero-order valence-electron chi connectivity index (χ0n) is 10.1. The molecule has 1 unspecified atom stereocenters. The van der Waals surface area contributed by atoms with Gasteiger partial charge in [-0.1, -0.05) is 19.1 Å². The van der Waals surface area contributed by atoms with Crippen molar-refractivity contribution in [3.8, 4) is 0 Å². The molecule has 1 atom stereocenters. The van der Waals surface area contributed by atoms with Crippen LogP contribution in [0.2, 0.25) is 0 Å². The number of aromatic nitrogens is 3. The van der Waals surface area contributed by atoms with Crippen LogP contribution in [-0.4, -0.2) is 37.2 Å². The molecule has 2 heterocycles. The van der Waals surface area contributed by atoms with E-state index < -0.39 is 5.60 Å². The Bertz CT molecular complexity index is 377. The van der Waals surface area contributed by atoms with E-state index >= 15 is 0 Å². The fourth-order valence-electron chi connectivity index (χ4n) is 2.06. The van der Waals surface area contributed by atoms with Gasteiger partial charge in [0.1, 0.15) is 0 Å². The third kappa shape index (κ3) is 2.11. The van der Waals surface area contributed by atoms with Gasteiger partial charge in [-0.2, -0.15) is 11.8 Å². The number of aryl methyl sites for hydroxylation is 1. The van der Waals surface area contributed by atoms with Gasteiger partial charge < -0.3 is 5.11 Å². The molecule has 16 heavy (non-hydrogen) atoms. The van der Waals surface area contributed by atoms with Crippen LogP contribution in [0.15, 0.2) is 6.20 Å². The Hall–Kier alpha value is -0.550. The van der Waals surface area contributed by atoms with Gasteiger partial charge in [-0.05, 0) is 17.6 Å². The number of nitrogens with zero attached hydrogens (tertiary/aromatic N) is 3. The molecule has 0 amide bonds. The van der Waals surface area contributed by atoms with Crippen LogP contribution in [0.25, 0.3) is 0 Å². The Balaban J connectivity index is 2.17. The summed E-state index contributed by atoms with van der Waals surface area (Å²) in [5.74, 6) is 1.92. The van der Waals surface area contributed by atoms with Crippen molar-refractivity contribution in [3.63, 3.8) is 0 Å². The molecule has 1 aliphatic rings. The van der Waals surface area contributed by atoms with Crippen molar-refractivity contribution < 1.29 is 5.11 Å². The lowest BCUT2D eigenvalue weighted by Gasteiger charge is -2.45. The van der Waals surface area contributed by atoms with Crippen LogP contribution >= 0.6 is 11.8 Å². The second-order valence-electron chi connectivity index (χ2n) is 5.28. The Morgan fingerprint density at radius 2 is 2.31 bits per heavy atom. The van der Waals surface area contributed by atoms with Gasteiger partial charge in [-0.25, -0.2) is 0 Å². The quantitative estimate of drug-likeness (QED) is 0.846. The molecule has 1 saturated heterocycles. The first-order valence-electron chi connectivity index (χ1n) is 5.58. The molecule has 0 spiro atoms. The summed E-state index contributed by atoms with van der Waals surface area (Å²) in [6.45, 7) is 4.28. The van der Waals surface area contributed by atoms with Crippen molar-refractivity contribution in [1.29, 1.82) is 0 Å². The Labute approximate surface area is 100 Å². The van der Waals surface area contributed by atoms with Crippen LogP contribution in [0.4, 0.5) is 0 Å². The zero-order chi connectivity index (χ0) is 11.8. The standard InChI is InChI=1S/C11H19N3OS/c1-10(2)4-5-16-8-11(10,15)6-9-7-14(3)13-12-9/h7,15H,4-6,8H2,1-3H3. The van der Waals surface area contributed by atoms with E-state index in [4.69, 9.17) is 0 Å². The average molecular weight is 241 g/mol. The molecule has 5 heteroatoms. The average Bonchev–Trinajstić information content (AvgIpc) is 2.57. The molecule has 1 aliphatic heterocycles. The highest BCUT2D eigenvalue weighted by Crippen LogP contribution is 2.43. The first-order valence-corrected chi connectivity index (χ1v) is 6.74. The van der Waals surface area contributed by atoms with Crippen molar-refractivity contribution in [3.05, 3.63) is 11.9 Å². The minimum atomic E-state index is -0.661. The number of hydrogen-bond donors (Lipinski definition) is 1. The van der Waals surface area contributed by atoms with Gasteiger partial charge in [0.05, 0.1) is 11.3 Å². The van der Waals surface area contributed by atoms with Gasteiger partial charge >= 0.3 is 0 Å². The molecule has 0 aromatic carbocycles. The third-order valence-electron chi connectivity index (χ3n) is 3.60. The molecule has 0 bridgehead atoms. The summed E-state index contributed by atoms with van der Waals surface area (Å²) in [6.07, 6.45) is 3.53. The number of rotatable bonds is 2. The maximum atomic E-state index is 10.8. The van der Waals surface area contributed by atoms with Crippen molar-refractivity contribution in [2.24, 2.45) is 12.5 Å². The molecule has 4 nitrogen and oxygen atoms in total. The maximum Gasteiger partial charge on any atom is 0.0856 e. The van der Waals surface area contributed by atoms with Crippen molar-refractivity contribution >= 4 is 11.8 Å². The summed E-state index contributed by atoms with van der Waals surface area (Å²) >= 11 is 1.83. The van der Waals surface area contributed by atoms with Crippen LogP contribution in [0.1, 0.15) is 26.0 Å². The van der Waals surface area contributed by atoms with Gasteiger partial charge in [0.25, 0.3) is 0 Å². The summed E-state index contributed by atoms with van der Waals surface area (Å²) in [6, 6.07) is 0. The number of hydrogen-bond acceptors (Lipinski definition) is 4. The van der Waals surface area contributed by atoms with Crippen LogP contribution in [0.5, 0.6) is 0 Å². The largest absolute Gasteiger partial charge is 0.388 e. The highest BCUT2D eigenvalue weighted by molar-refractivity contribution is 7.99. The van der Waals surface area contributed by atoms with Gasteiger partial charge in [0.15, 0.2) is 0 Å². The van der Waals surface area contributed by atoms with Gasteiger partial charge in [0, 0.05) is 25.4 Å². The van der Waals surface area contributed by atoms with Crippen molar-refractivity contribution in [1.82, 2.24) is 15.0 Å². The molecular weight excluding hydrogens is 222 g/mol. The fraction of sp³-hybridized carbons (Fsp3) is 0.818. The van der Waals surface area contributed by atoms with Crippen LogP contribution in [0, 0.1) is 5.41 Å². The minimum Gasteiger partial charge on any atom is -0.388 e. The van der Waals surface area contributed by atoms with E-state index in [1.807, 2.05) is 25.0 Å². The molecule has 1 aromatic heterocycles. The second-order valence-corrected chi connectivity index (χ2v) is 6.38. The van der Waals surface area contributed by atoms with Gasteiger partial charge in [-0.3, -0.25) is 4.68 Å². The molecule has 90 valence electrons. The lowest BCUT2D eigenvalue weighted by atomic mass is 9.71. The highest BCUT2D eigenvalue weighted by Gasteiger charge is 2.45. The van der Waals surface area contributed by atoms with Crippen molar-refractivity contribution in [2.75, 3.05) is 11.5 Å². The van der Waals surface area contributed by atoms with Crippen LogP contribution in [0.3, 0.4) is 0 Å². The van der Waals surface area contributed by atoms with E-state index in [0.717, 1.165) is 23.6 Å². The van der Waals surface area contributed by atoms with E-state index in [-0.39, 0.29) is 5.41 Å². The number of thioether (sulfide) groups is 1. The molecule has 1 N–H and O–H groups in total. The lowest BCUT2D eigenvalue weighted by molar-refractivity contribution is -0.0519. The second kappa shape index (κ2) is 4.04. The molecule has 2 rings (SSSR count). The van der Waals surface area contributed by atoms with E-state index in [9.17, 15) is 5.11 Å². The topological polar surface area (TPSA) is 50.9 Å². The Morgan fingerprint density at radius 3 is 2.88 bits per heavy atom. The van der Waals surface area contributed by atoms with Crippen LogP contribution < -0.4 is 0 Å². The number of aliphatic hydroxyl groups is 1. The summed E-state index contributed by atoms with van der Waals surface area (Å²) in [5.41, 5.74) is 0.169. The lowest BCUT2D eigenvalue weighted by Crippen LogP contribution is -2.51. The van der Waals surface area contributed by atoms with E-state index in [1.54, 1.807) is 4.68 Å².